The number of anilines is 2. The number of aromatic nitrogens is 7. The Morgan fingerprint density at radius 2 is 1.94 bits per heavy atom. The number of hydrogen-bond acceptors (Lipinski definition) is 6. The number of nitrogens with zero attached hydrogens (tertiary/aromatic N) is 7. The smallest absolute Gasteiger partial charge is 0.374 e. The van der Waals surface area contributed by atoms with E-state index < -0.39 is 17.6 Å². The molecule has 4 aromatic heterocycles. The third-order valence-corrected chi connectivity index (χ3v) is 6.19. The molecule has 0 radical (unpaired) electrons. The van der Waals surface area contributed by atoms with Gasteiger partial charge in [0, 0.05) is 49.7 Å². The van der Waals surface area contributed by atoms with E-state index in [4.69, 9.17) is 11.6 Å². The molecule has 0 bridgehead atoms. The lowest BCUT2D eigenvalue weighted by Gasteiger charge is -2.25. The standard InChI is InChI=1S/C21H20ClF3N8O.H2S/c1-20(34,21(23,24)25)19-30-29-18-15-8-12(11-32(15)6-3-7-33(18)19)13-9-16(26-10-14(13)22)28-17-4-5-27-31(17)2;/h4-5,8-11,34H,3,6-7H2,1-2H3,(H,26,28);1H2/t20-;/m0./s1. The summed E-state index contributed by atoms with van der Waals surface area (Å²) in [5, 5.41) is 25.6. The molecule has 0 aromatic carbocycles. The van der Waals surface area contributed by atoms with Crippen molar-refractivity contribution in [3.05, 3.63) is 47.6 Å². The van der Waals surface area contributed by atoms with Gasteiger partial charge in [0.2, 0.25) is 5.60 Å². The maximum Gasteiger partial charge on any atom is 0.424 e. The molecule has 14 heteroatoms. The van der Waals surface area contributed by atoms with Gasteiger partial charge in [-0.25, -0.2) is 4.98 Å². The van der Waals surface area contributed by atoms with Crippen LogP contribution in [-0.2, 0) is 25.7 Å². The number of aliphatic hydroxyl groups is 1. The van der Waals surface area contributed by atoms with E-state index in [2.05, 4.69) is 25.6 Å². The van der Waals surface area contributed by atoms with Gasteiger partial charge < -0.3 is 19.6 Å². The molecule has 1 atom stereocenters. The molecule has 0 spiro atoms. The minimum Gasteiger partial charge on any atom is -0.374 e. The van der Waals surface area contributed by atoms with Crippen LogP contribution in [0, 0.1) is 0 Å². The molecule has 1 aliphatic heterocycles. The van der Waals surface area contributed by atoms with Gasteiger partial charge in [-0.2, -0.15) is 31.8 Å². The summed E-state index contributed by atoms with van der Waals surface area (Å²) >= 11 is 6.45. The molecule has 0 fully saturated rings. The van der Waals surface area contributed by atoms with Crippen molar-refractivity contribution in [2.24, 2.45) is 7.05 Å². The average molecular weight is 527 g/mol. The third kappa shape index (κ3) is 4.28. The zero-order valence-electron chi connectivity index (χ0n) is 18.7. The number of rotatable bonds is 4. The topological polar surface area (TPSA) is 98.6 Å². The first-order chi connectivity index (χ1) is 16.1. The highest BCUT2D eigenvalue weighted by Gasteiger charge is 2.55. The van der Waals surface area contributed by atoms with Gasteiger partial charge in [0.15, 0.2) is 11.6 Å². The van der Waals surface area contributed by atoms with Crippen molar-refractivity contribution in [2.75, 3.05) is 5.32 Å². The molecule has 4 aromatic rings. The monoisotopic (exact) mass is 526 g/mol. The third-order valence-electron chi connectivity index (χ3n) is 5.89. The Hall–Kier alpha value is -3.03. The van der Waals surface area contributed by atoms with Crippen LogP contribution >= 0.6 is 25.1 Å². The zero-order valence-corrected chi connectivity index (χ0v) is 20.4. The molecular weight excluding hydrogens is 505 g/mol. The number of nitrogens with one attached hydrogen (secondary N) is 1. The number of alkyl halides is 3. The number of aryl methyl sites for hydroxylation is 2. The van der Waals surface area contributed by atoms with E-state index in [1.807, 2.05) is 10.8 Å². The molecular formula is C21H22ClF3N8OS. The van der Waals surface area contributed by atoms with E-state index >= 15 is 0 Å². The van der Waals surface area contributed by atoms with Crippen LogP contribution in [0.3, 0.4) is 0 Å². The lowest BCUT2D eigenvalue weighted by Crippen LogP contribution is -2.41. The van der Waals surface area contributed by atoms with Gasteiger partial charge >= 0.3 is 6.18 Å². The van der Waals surface area contributed by atoms with Gasteiger partial charge in [-0.3, -0.25) is 4.68 Å². The van der Waals surface area contributed by atoms with Crippen molar-refractivity contribution in [3.8, 4) is 22.6 Å². The predicted octanol–water partition coefficient (Wildman–Crippen LogP) is 4.23. The number of pyridine rings is 1. The fraction of sp³-hybridized carbons (Fsp3) is 0.333. The summed E-state index contributed by atoms with van der Waals surface area (Å²) < 4.78 is 45.3. The SMILES string of the molecule is Cn1nccc1Nc1cc(-c2cc3n(c2)CCCn2c-3nnc2[C@](C)(O)C(F)(F)F)c(Cl)cn1.S. The fourth-order valence-corrected chi connectivity index (χ4v) is 4.19. The summed E-state index contributed by atoms with van der Waals surface area (Å²) in [7, 11) is 1.80. The quantitative estimate of drug-likeness (QED) is 0.413. The summed E-state index contributed by atoms with van der Waals surface area (Å²) in [6.45, 7) is 1.48. The fourth-order valence-electron chi connectivity index (χ4n) is 3.98. The highest BCUT2D eigenvalue weighted by molar-refractivity contribution is 7.59. The van der Waals surface area contributed by atoms with Gasteiger partial charge in [0.05, 0.1) is 16.9 Å². The largest absolute Gasteiger partial charge is 0.424 e. The molecule has 5 heterocycles. The molecule has 0 saturated heterocycles. The summed E-state index contributed by atoms with van der Waals surface area (Å²) in [5.41, 5.74) is -1.10. The van der Waals surface area contributed by atoms with E-state index in [0.29, 0.717) is 42.0 Å². The summed E-state index contributed by atoms with van der Waals surface area (Å²) in [6, 6.07) is 5.39. The molecule has 9 nitrogen and oxygen atoms in total. The Bertz CT molecular complexity index is 1380. The van der Waals surface area contributed by atoms with Crippen LogP contribution in [0.15, 0.2) is 36.8 Å². The molecule has 186 valence electrons. The van der Waals surface area contributed by atoms with Gasteiger partial charge in [-0.1, -0.05) is 11.6 Å². The first kappa shape index (κ1) is 25.1. The molecule has 2 N–H and O–H groups in total. The Kier molecular flexibility index (Phi) is 6.36. The van der Waals surface area contributed by atoms with Crippen molar-refractivity contribution >= 4 is 36.7 Å². The second kappa shape index (κ2) is 8.88. The molecule has 0 amide bonds. The highest BCUT2D eigenvalue weighted by atomic mass is 35.5. The second-order valence-electron chi connectivity index (χ2n) is 8.24. The van der Waals surface area contributed by atoms with E-state index in [-0.39, 0.29) is 25.9 Å². The summed E-state index contributed by atoms with van der Waals surface area (Å²) in [5.74, 6) is 1.01. The van der Waals surface area contributed by atoms with E-state index in [0.717, 1.165) is 11.4 Å². The normalized spacial score (nSPS) is 14.9. The Morgan fingerprint density at radius 3 is 2.63 bits per heavy atom. The number of fused-ring (bicyclic) bond motifs is 3. The van der Waals surface area contributed by atoms with Crippen LogP contribution in [0.4, 0.5) is 24.8 Å². The van der Waals surface area contributed by atoms with E-state index in [1.165, 1.54) is 10.8 Å². The van der Waals surface area contributed by atoms with E-state index in [1.54, 1.807) is 36.1 Å². The summed E-state index contributed by atoms with van der Waals surface area (Å²) in [4.78, 5) is 4.31. The van der Waals surface area contributed by atoms with Crippen molar-refractivity contribution < 1.29 is 18.3 Å². The lowest BCUT2D eigenvalue weighted by molar-refractivity contribution is -0.262. The van der Waals surface area contributed by atoms with Crippen molar-refractivity contribution in [3.63, 3.8) is 0 Å². The molecule has 0 saturated carbocycles. The lowest BCUT2D eigenvalue weighted by atomic mass is 10.1. The van der Waals surface area contributed by atoms with Crippen molar-refractivity contribution in [1.29, 1.82) is 0 Å². The Balaban J connectivity index is 0.00000289. The highest BCUT2D eigenvalue weighted by Crippen LogP contribution is 2.40. The minimum absolute atomic E-state index is 0. The maximum atomic E-state index is 13.5. The molecule has 0 aliphatic carbocycles. The predicted molar refractivity (Wildman–Crippen MR) is 129 cm³/mol. The van der Waals surface area contributed by atoms with Gasteiger partial charge in [0.25, 0.3) is 0 Å². The van der Waals surface area contributed by atoms with Gasteiger partial charge in [-0.15, -0.1) is 10.2 Å². The Morgan fingerprint density at radius 1 is 1.17 bits per heavy atom. The first-order valence-corrected chi connectivity index (χ1v) is 10.8. The van der Waals surface area contributed by atoms with E-state index in [9.17, 15) is 18.3 Å². The summed E-state index contributed by atoms with van der Waals surface area (Å²) in [6.07, 6.45) is 0.697. The minimum atomic E-state index is -4.89. The van der Waals surface area contributed by atoms with Crippen molar-refractivity contribution in [2.45, 2.75) is 38.2 Å². The number of halogens is 4. The van der Waals surface area contributed by atoms with Gasteiger partial charge in [0.1, 0.15) is 11.6 Å². The van der Waals surface area contributed by atoms with Crippen LogP contribution in [0.2, 0.25) is 5.02 Å². The first-order valence-electron chi connectivity index (χ1n) is 10.4. The molecule has 1 aliphatic rings. The zero-order chi connectivity index (χ0) is 24.3. The van der Waals surface area contributed by atoms with Crippen molar-refractivity contribution in [1.82, 2.24) is 34.1 Å². The molecule has 35 heavy (non-hydrogen) atoms. The van der Waals surface area contributed by atoms with Crippen LogP contribution in [-0.4, -0.2) is 45.4 Å². The van der Waals surface area contributed by atoms with Crippen LogP contribution in [0.5, 0.6) is 0 Å². The number of hydrogen-bond donors (Lipinski definition) is 2. The maximum absolute atomic E-state index is 13.5. The molecule has 0 unspecified atom stereocenters. The second-order valence-corrected chi connectivity index (χ2v) is 8.65. The van der Waals surface area contributed by atoms with Gasteiger partial charge in [-0.05, 0) is 25.5 Å². The van der Waals surface area contributed by atoms with Crippen LogP contribution in [0.25, 0.3) is 22.6 Å². The van der Waals surface area contributed by atoms with Crippen LogP contribution in [0.1, 0.15) is 19.2 Å². The Labute approximate surface area is 210 Å². The molecule has 5 rings (SSSR count). The van der Waals surface area contributed by atoms with Crippen LogP contribution < -0.4 is 5.32 Å². The average Bonchev–Trinajstić information content (AvgIpc) is 3.46.